The molecular weight excluding hydrogens is 683 g/mol. The number of fused-ring (bicyclic) bond motifs is 8. The number of para-hydroxylation sites is 5. The lowest BCUT2D eigenvalue weighted by Gasteiger charge is -2.29. The molecule has 0 aliphatic carbocycles. The van der Waals surface area contributed by atoms with Crippen molar-refractivity contribution in [2.24, 2.45) is 0 Å². The van der Waals surface area contributed by atoms with Crippen LogP contribution in [-0.4, -0.2) is 4.57 Å². The molecule has 4 heteroatoms. The van der Waals surface area contributed by atoms with Crippen molar-refractivity contribution in [2.45, 2.75) is 0 Å². The van der Waals surface area contributed by atoms with Gasteiger partial charge in [-0.2, -0.15) is 0 Å². The fraction of sp³-hybridized carbons (Fsp3) is 0. The van der Waals surface area contributed by atoms with E-state index in [-0.39, 0.29) is 0 Å². The van der Waals surface area contributed by atoms with Crippen LogP contribution >= 0.6 is 0 Å². The second-order valence-electron chi connectivity index (χ2n) is 14.2. The maximum Gasteiger partial charge on any atom is 0.136 e. The lowest BCUT2D eigenvalue weighted by Crippen LogP contribution is -2.13. The Morgan fingerprint density at radius 1 is 0.321 bits per heavy atom. The van der Waals surface area contributed by atoms with Gasteiger partial charge < -0.3 is 18.8 Å². The van der Waals surface area contributed by atoms with Crippen LogP contribution in [0.5, 0.6) is 0 Å². The van der Waals surface area contributed by atoms with Crippen LogP contribution < -0.4 is 9.80 Å². The maximum atomic E-state index is 6.31. The van der Waals surface area contributed by atoms with Gasteiger partial charge in [0.25, 0.3) is 0 Å². The molecule has 2 aromatic heterocycles. The molecule has 0 aliphatic rings. The van der Waals surface area contributed by atoms with Crippen molar-refractivity contribution >= 4 is 88.6 Å². The average molecular weight is 718 g/mol. The zero-order valence-corrected chi connectivity index (χ0v) is 30.5. The first kappa shape index (κ1) is 31.9. The summed E-state index contributed by atoms with van der Waals surface area (Å²) >= 11 is 0. The van der Waals surface area contributed by atoms with Crippen LogP contribution in [0.1, 0.15) is 0 Å². The van der Waals surface area contributed by atoms with E-state index in [2.05, 4.69) is 215 Å². The van der Waals surface area contributed by atoms with Crippen LogP contribution in [0.2, 0.25) is 0 Å². The molecule has 0 atom stereocenters. The zero-order valence-electron chi connectivity index (χ0n) is 30.5. The van der Waals surface area contributed by atoms with Crippen LogP contribution in [0, 0.1) is 0 Å². The second kappa shape index (κ2) is 13.1. The van der Waals surface area contributed by atoms with Crippen LogP contribution in [-0.2, 0) is 0 Å². The first-order valence-corrected chi connectivity index (χ1v) is 19.0. The summed E-state index contributed by atoms with van der Waals surface area (Å²) in [5.74, 6) is 0. The van der Waals surface area contributed by atoms with Crippen LogP contribution in [0.4, 0.5) is 34.1 Å². The lowest BCUT2D eigenvalue weighted by molar-refractivity contribution is 0.669. The summed E-state index contributed by atoms with van der Waals surface area (Å²) < 4.78 is 8.67. The summed E-state index contributed by atoms with van der Waals surface area (Å²) in [6.07, 6.45) is 0. The Morgan fingerprint density at radius 2 is 0.839 bits per heavy atom. The standard InChI is InChI=1S/C52H35N3O/c1-4-15-37(16-5-1)53(42-29-27-36-28-32-51-52(46(36)34-42)45-24-11-13-26-50(45)56-51)40-21-14-22-41(33-40)54(38-17-6-2-7-18-38)43-30-31-49-47(35-43)44-23-10-12-25-48(44)55(49)39-19-8-3-9-20-39/h1-35H. The Hall–Kier alpha value is -7.56. The van der Waals surface area contributed by atoms with Crippen LogP contribution in [0.25, 0.3) is 60.2 Å². The maximum absolute atomic E-state index is 6.31. The van der Waals surface area contributed by atoms with Gasteiger partial charge in [0.2, 0.25) is 0 Å². The minimum Gasteiger partial charge on any atom is -0.456 e. The topological polar surface area (TPSA) is 24.6 Å². The average Bonchev–Trinajstić information content (AvgIpc) is 3.81. The molecule has 0 amide bonds. The molecule has 2 heterocycles. The molecule has 0 saturated heterocycles. The van der Waals surface area contributed by atoms with E-state index in [0.29, 0.717) is 0 Å². The number of furan rings is 1. The Labute approximate surface area is 324 Å². The Balaban J connectivity index is 1.10. The predicted octanol–water partition coefficient (Wildman–Crippen LogP) is 14.8. The number of rotatable bonds is 7. The molecule has 0 radical (unpaired) electrons. The first-order chi connectivity index (χ1) is 27.8. The summed E-state index contributed by atoms with van der Waals surface area (Å²) in [6.45, 7) is 0. The molecule has 11 rings (SSSR count). The SMILES string of the molecule is c1ccc(N(c2cccc(N(c3ccccc3)c3ccc4c(c3)c3ccccc3n4-c3ccccc3)c2)c2ccc3ccc4oc5ccccc5c4c3c2)cc1. The quantitative estimate of drug-likeness (QED) is 0.164. The van der Waals surface area contributed by atoms with Gasteiger partial charge in [0.1, 0.15) is 11.2 Å². The minimum atomic E-state index is 0.895. The highest BCUT2D eigenvalue weighted by atomic mass is 16.3. The highest BCUT2D eigenvalue weighted by Crippen LogP contribution is 2.44. The van der Waals surface area contributed by atoms with E-state index in [1.807, 2.05) is 12.1 Å². The predicted molar refractivity (Wildman–Crippen MR) is 235 cm³/mol. The highest BCUT2D eigenvalue weighted by Gasteiger charge is 2.20. The van der Waals surface area contributed by atoms with E-state index in [1.54, 1.807) is 0 Å². The Morgan fingerprint density at radius 3 is 1.55 bits per heavy atom. The number of nitrogens with zero attached hydrogens (tertiary/aromatic N) is 3. The van der Waals surface area contributed by atoms with Gasteiger partial charge in [0.15, 0.2) is 0 Å². The van der Waals surface area contributed by atoms with Gasteiger partial charge in [-0.3, -0.25) is 0 Å². The molecule has 0 bridgehead atoms. The number of anilines is 6. The summed E-state index contributed by atoms with van der Waals surface area (Å²) in [7, 11) is 0. The molecule has 0 fully saturated rings. The molecule has 264 valence electrons. The molecule has 4 nitrogen and oxygen atoms in total. The number of aromatic nitrogens is 1. The number of hydrogen-bond donors (Lipinski definition) is 0. The van der Waals surface area contributed by atoms with Gasteiger partial charge in [0, 0.05) is 61.4 Å². The molecule has 0 saturated carbocycles. The zero-order chi connectivity index (χ0) is 37.0. The third kappa shape index (κ3) is 5.23. The van der Waals surface area contributed by atoms with Crippen molar-refractivity contribution in [1.82, 2.24) is 4.57 Å². The second-order valence-corrected chi connectivity index (χ2v) is 14.2. The number of hydrogen-bond acceptors (Lipinski definition) is 3. The smallest absolute Gasteiger partial charge is 0.136 e. The normalized spacial score (nSPS) is 11.6. The van der Waals surface area contributed by atoms with E-state index in [1.165, 1.54) is 27.2 Å². The molecule has 0 spiro atoms. The van der Waals surface area contributed by atoms with Crippen molar-refractivity contribution in [2.75, 3.05) is 9.80 Å². The molecule has 0 aliphatic heterocycles. The summed E-state index contributed by atoms with van der Waals surface area (Å²) in [6, 6.07) is 75.7. The fourth-order valence-corrected chi connectivity index (χ4v) is 8.45. The summed E-state index contributed by atoms with van der Waals surface area (Å²) in [5.41, 5.74) is 11.7. The fourth-order valence-electron chi connectivity index (χ4n) is 8.45. The highest BCUT2D eigenvalue weighted by molar-refractivity contribution is 6.19. The monoisotopic (exact) mass is 717 g/mol. The van der Waals surface area contributed by atoms with E-state index >= 15 is 0 Å². The van der Waals surface area contributed by atoms with Crippen LogP contribution in [0.15, 0.2) is 217 Å². The van der Waals surface area contributed by atoms with Crippen molar-refractivity contribution < 1.29 is 4.42 Å². The van der Waals surface area contributed by atoms with E-state index < -0.39 is 0 Å². The molecule has 0 N–H and O–H groups in total. The van der Waals surface area contributed by atoms with Gasteiger partial charge in [-0.05, 0) is 114 Å². The van der Waals surface area contributed by atoms with E-state index in [9.17, 15) is 0 Å². The molecule has 56 heavy (non-hydrogen) atoms. The van der Waals surface area contributed by atoms with E-state index in [0.717, 1.165) is 67.1 Å². The molecule has 0 unspecified atom stereocenters. The van der Waals surface area contributed by atoms with Crippen molar-refractivity contribution in [3.63, 3.8) is 0 Å². The third-order valence-corrected chi connectivity index (χ3v) is 10.9. The Kier molecular flexibility index (Phi) is 7.46. The molecule has 11 aromatic rings. The minimum absolute atomic E-state index is 0.895. The summed E-state index contributed by atoms with van der Waals surface area (Å²) in [4.78, 5) is 4.71. The van der Waals surface area contributed by atoms with Crippen molar-refractivity contribution in [3.05, 3.63) is 212 Å². The van der Waals surface area contributed by atoms with Gasteiger partial charge >= 0.3 is 0 Å². The Bertz CT molecular complexity index is 3200. The first-order valence-electron chi connectivity index (χ1n) is 19.0. The largest absolute Gasteiger partial charge is 0.456 e. The summed E-state index contributed by atoms with van der Waals surface area (Å²) in [5, 5.41) is 7.03. The van der Waals surface area contributed by atoms with Crippen molar-refractivity contribution in [1.29, 1.82) is 0 Å². The van der Waals surface area contributed by atoms with Crippen molar-refractivity contribution in [3.8, 4) is 5.69 Å². The number of benzene rings is 9. The van der Waals surface area contributed by atoms with Gasteiger partial charge in [-0.25, -0.2) is 0 Å². The van der Waals surface area contributed by atoms with Gasteiger partial charge in [-0.15, -0.1) is 0 Å². The third-order valence-electron chi connectivity index (χ3n) is 10.9. The van der Waals surface area contributed by atoms with Gasteiger partial charge in [-0.1, -0.05) is 109 Å². The molecular formula is C52H35N3O. The lowest BCUT2D eigenvalue weighted by atomic mass is 10.0. The van der Waals surface area contributed by atoms with Gasteiger partial charge in [0.05, 0.1) is 11.0 Å². The molecule has 9 aromatic carbocycles. The van der Waals surface area contributed by atoms with E-state index in [4.69, 9.17) is 4.42 Å². The van der Waals surface area contributed by atoms with Crippen LogP contribution in [0.3, 0.4) is 0 Å².